The fraction of sp³-hybridized carbons (Fsp3) is 0.556. The van der Waals surface area contributed by atoms with Crippen LogP contribution in [0.3, 0.4) is 0 Å². The van der Waals surface area contributed by atoms with Gasteiger partial charge in [0.2, 0.25) is 11.8 Å². The largest absolute Gasteiger partial charge is 0.355 e. The van der Waals surface area contributed by atoms with Crippen LogP contribution in [-0.4, -0.2) is 18.4 Å². The zero-order valence-electron chi connectivity index (χ0n) is 13.7. The molecule has 0 radical (unpaired) electrons. The summed E-state index contributed by atoms with van der Waals surface area (Å²) in [4.78, 5) is 24.0. The number of hydrogen-bond donors (Lipinski definition) is 2. The van der Waals surface area contributed by atoms with Crippen LogP contribution in [0.4, 0.5) is 0 Å². The SMILES string of the molecule is CC(C)(C)C(=O)NCCC(=O)NC1(c2ccccc2)CCC1. The van der Waals surface area contributed by atoms with Gasteiger partial charge in [-0.25, -0.2) is 0 Å². The molecule has 0 saturated heterocycles. The zero-order chi connectivity index (χ0) is 16.2. The fourth-order valence-electron chi connectivity index (χ4n) is 2.66. The second-order valence-corrected chi connectivity index (χ2v) is 7.11. The molecular formula is C18H26N2O2. The van der Waals surface area contributed by atoms with Gasteiger partial charge in [0.15, 0.2) is 0 Å². The van der Waals surface area contributed by atoms with E-state index in [0.717, 1.165) is 19.3 Å². The van der Waals surface area contributed by atoms with Crippen LogP contribution in [0.15, 0.2) is 30.3 Å². The standard InChI is InChI=1S/C18H26N2O2/c1-17(2,3)16(22)19-13-10-15(21)20-18(11-7-12-18)14-8-5-4-6-9-14/h4-6,8-9H,7,10-13H2,1-3H3,(H,19,22)(H,20,21). The maximum Gasteiger partial charge on any atom is 0.225 e. The van der Waals surface area contributed by atoms with E-state index in [9.17, 15) is 9.59 Å². The lowest BCUT2D eigenvalue weighted by Gasteiger charge is -2.43. The molecule has 0 unspecified atom stereocenters. The number of benzene rings is 1. The molecule has 0 atom stereocenters. The fourth-order valence-corrected chi connectivity index (χ4v) is 2.66. The third-order valence-electron chi connectivity index (χ3n) is 4.23. The van der Waals surface area contributed by atoms with E-state index in [2.05, 4.69) is 22.8 Å². The first-order chi connectivity index (χ1) is 10.3. The van der Waals surface area contributed by atoms with Gasteiger partial charge in [-0.1, -0.05) is 51.1 Å². The highest BCUT2D eigenvalue weighted by Crippen LogP contribution is 2.41. The van der Waals surface area contributed by atoms with Crippen LogP contribution in [0.25, 0.3) is 0 Å². The Balaban J connectivity index is 1.85. The van der Waals surface area contributed by atoms with Crippen molar-refractivity contribution in [1.29, 1.82) is 0 Å². The molecule has 1 fully saturated rings. The number of nitrogens with one attached hydrogen (secondary N) is 2. The van der Waals surface area contributed by atoms with Crippen molar-refractivity contribution in [2.24, 2.45) is 5.41 Å². The lowest BCUT2D eigenvalue weighted by atomic mass is 9.71. The van der Waals surface area contributed by atoms with E-state index in [4.69, 9.17) is 0 Å². The van der Waals surface area contributed by atoms with Crippen molar-refractivity contribution in [3.8, 4) is 0 Å². The van der Waals surface area contributed by atoms with Crippen molar-refractivity contribution in [3.63, 3.8) is 0 Å². The monoisotopic (exact) mass is 302 g/mol. The molecule has 2 rings (SSSR count). The van der Waals surface area contributed by atoms with Gasteiger partial charge in [-0.15, -0.1) is 0 Å². The summed E-state index contributed by atoms with van der Waals surface area (Å²) in [7, 11) is 0. The molecule has 1 aliphatic rings. The molecule has 0 spiro atoms. The van der Waals surface area contributed by atoms with Gasteiger partial charge in [-0.05, 0) is 24.8 Å². The summed E-state index contributed by atoms with van der Waals surface area (Å²) in [5.74, 6) is -0.0283. The summed E-state index contributed by atoms with van der Waals surface area (Å²) in [5, 5.41) is 5.98. The molecule has 0 aliphatic heterocycles. The van der Waals surface area contributed by atoms with Crippen LogP contribution >= 0.6 is 0 Å². The summed E-state index contributed by atoms with van der Waals surface area (Å²) >= 11 is 0. The topological polar surface area (TPSA) is 58.2 Å². The molecule has 0 bridgehead atoms. The highest BCUT2D eigenvalue weighted by Gasteiger charge is 2.39. The second-order valence-electron chi connectivity index (χ2n) is 7.11. The maximum atomic E-state index is 12.2. The summed E-state index contributed by atoms with van der Waals surface area (Å²) in [5.41, 5.74) is 0.551. The molecule has 0 heterocycles. The van der Waals surface area contributed by atoms with Gasteiger partial charge in [-0.3, -0.25) is 9.59 Å². The third kappa shape index (κ3) is 3.87. The lowest BCUT2D eigenvalue weighted by Crippen LogP contribution is -2.51. The van der Waals surface area contributed by atoms with Crippen molar-refractivity contribution < 1.29 is 9.59 Å². The second kappa shape index (κ2) is 6.51. The minimum atomic E-state index is -0.421. The molecule has 0 aromatic heterocycles. The van der Waals surface area contributed by atoms with Crippen LogP contribution in [0.1, 0.15) is 52.0 Å². The molecule has 1 aliphatic carbocycles. The predicted molar refractivity (Wildman–Crippen MR) is 87.2 cm³/mol. The Labute approximate surface area is 132 Å². The summed E-state index contributed by atoms with van der Waals surface area (Å²) in [6.07, 6.45) is 3.42. The van der Waals surface area contributed by atoms with Crippen molar-refractivity contribution >= 4 is 11.8 Å². The van der Waals surface area contributed by atoms with E-state index < -0.39 is 5.41 Å². The number of carbonyl (C=O) groups is 2. The van der Waals surface area contributed by atoms with Gasteiger partial charge in [0.1, 0.15) is 0 Å². The van der Waals surface area contributed by atoms with Crippen LogP contribution in [0.5, 0.6) is 0 Å². The highest BCUT2D eigenvalue weighted by atomic mass is 16.2. The smallest absolute Gasteiger partial charge is 0.225 e. The van der Waals surface area contributed by atoms with Crippen molar-refractivity contribution in [1.82, 2.24) is 10.6 Å². The molecule has 1 saturated carbocycles. The number of carbonyl (C=O) groups excluding carboxylic acids is 2. The van der Waals surface area contributed by atoms with Crippen LogP contribution in [-0.2, 0) is 15.1 Å². The van der Waals surface area contributed by atoms with Gasteiger partial charge >= 0.3 is 0 Å². The van der Waals surface area contributed by atoms with Crippen LogP contribution in [0.2, 0.25) is 0 Å². The molecule has 1 aromatic carbocycles. The van der Waals surface area contributed by atoms with E-state index in [1.165, 1.54) is 5.56 Å². The van der Waals surface area contributed by atoms with Crippen molar-refractivity contribution in [2.75, 3.05) is 6.54 Å². The molecular weight excluding hydrogens is 276 g/mol. The maximum absolute atomic E-state index is 12.2. The highest BCUT2D eigenvalue weighted by molar-refractivity contribution is 5.82. The Morgan fingerprint density at radius 3 is 2.27 bits per heavy atom. The van der Waals surface area contributed by atoms with Crippen LogP contribution < -0.4 is 10.6 Å². The number of rotatable bonds is 5. The van der Waals surface area contributed by atoms with E-state index in [1.807, 2.05) is 39.0 Å². The molecule has 4 nitrogen and oxygen atoms in total. The normalized spacial score (nSPS) is 16.5. The lowest BCUT2D eigenvalue weighted by molar-refractivity contribution is -0.128. The van der Waals surface area contributed by atoms with E-state index >= 15 is 0 Å². The van der Waals surface area contributed by atoms with Gasteiger partial charge < -0.3 is 10.6 Å². The van der Waals surface area contributed by atoms with E-state index in [1.54, 1.807) is 0 Å². The van der Waals surface area contributed by atoms with Crippen molar-refractivity contribution in [3.05, 3.63) is 35.9 Å². The average Bonchev–Trinajstić information content (AvgIpc) is 2.42. The molecule has 22 heavy (non-hydrogen) atoms. The Morgan fingerprint density at radius 2 is 1.77 bits per heavy atom. The first-order valence-corrected chi connectivity index (χ1v) is 7.98. The first kappa shape index (κ1) is 16.5. The van der Waals surface area contributed by atoms with Gasteiger partial charge in [-0.2, -0.15) is 0 Å². The van der Waals surface area contributed by atoms with E-state index in [-0.39, 0.29) is 17.4 Å². The molecule has 2 N–H and O–H groups in total. The molecule has 2 amide bonds. The van der Waals surface area contributed by atoms with Gasteiger partial charge in [0, 0.05) is 18.4 Å². The van der Waals surface area contributed by atoms with E-state index in [0.29, 0.717) is 13.0 Å². The minimum Gasteiger partial charge on any atom is -0.355 e. The average molecular weight is 302 g/mol. The number of hydrogen-bond acceptors (Lipinski definition) is 2. The Kier molecular flexibility index (Phi) is 4.89. The Morgan fingerprint density at radius 1 is 1.14 bits per heavy atom. The minimum absolute atomic E-state index is 0.00207. The number of amides is 2. The Bertz CT molecular complexity index is 528. The summed E-state index contributed by atoms with van der Waals surface area (Å²) in [6.45, 7) is 5.97. The van der Waals surface area contributed by atoms with Gasteiger partial charge in [0.25, 0.3) is 0 Å². The van der Waals surface area contributed by atoms with Gasteiger partial charge in [0.05, 0.1) is 5.54 Å². The first-order valence-electron chi connectivity index (χ1n) is 7.98. The molecule has 120 valence electrons. The molecule has 4 heteroatoms. The molecule has 1 aromatic rings. The summed E-state index contributed by atoms with van der Waals surface area (Å²) < 4.78 is 0. The quantitative estimate of drug-likeness (QED) is 0.878. The third-order valence-corrected chi connectivity index (χ3v) is 4.23. The zero-order valence-corrected chi connectivity index (χ0v) is 13.7. The van der Waals surface area contributed by atoms with Crippen LogP contribution in [0, 0.1) is 5.41 Å². The predicted octanol–water partition coefficient (Wildman–Crippen LogP) is 2.73. The summed E-state index contributed by atoms with van der Waals surface area (Å²) in [6, 6.07) is 10.1. The Hall–Kier alpha value is -1.84. The van der Waals surface area contributed by atoms with Crippen molar-refractivity contribution in [2.45, 2.75) is 52.0 Å².